The van der Waals surface area contributed by atoms with Crippen molar-refractivity contribution in [1.82, 2.24) is 20.2 Å². The molecule has 0 saturated carbocycles. The summed E-state index contributed by atoms with van der Waals surface area (Å²) in [5, 5.41) is 10.1. The first-order valence-electron chi connectivity index (χ1n) is 5.69. The van der Waals surface area contributed by atoms with Gasteiger partial charge in [-0.2, -0.15) is 15.1 Å². The Hall–Kier alpha value is -2.22. The maximum Gasteiger partial charge on any atom is 0.235 e. The Labute approximate surface area is 121 Å². The number of nitrogens with zero attached hydrogens (tertiary/aromatic N) is 3. The van der Waals surface area contributed by atoms with Crippen molar-refractivity contribution in [3.63, 3.8) is 0 Å². The van der Waals surface area contributed by atoms with Gasteiger partial charge in [-0.15, -0.1) is 0 Å². The van der Waals surface area contributed by atoms with E-state index in [0.29, 0.717) is 33.1 Å². The number of aromatic amines is 1. The van der Waals surface area contributed by atoms with Gasteiger partial charge >= 0.3 is 0 Å². The molecule has 20 heavy (non-hydrogen) atoms. The third-order valence-electron chi connectivity index (χ3n) is 2.60. The maximum atomic E-state index is 13.5. The second-order valence-corrected chi connectivity index (χ2v) is 4.77. The summed E-state index contributed by atoms with van der Waals surface area (Å²) in [6.07, 6.45) is 1.55. The van der Waals surface area contributed by atoms with Gasteiger partial charge in [0.05, 0.1) is 10.7 Å². The van der Waals surface area contributed by atoms with Gasteiger partial charge in [0.25, 0.3) is 0 Å². The van der Waals surface area contributed by atoms with Crippen molar-refractivity contribution in [2.24, 2.45) is 0 Å². The average molecular weight is 338 g/mol. The number of hydrogen-bond donors (Lipinski definition) is 2. The third-order valence-corrected chi connectivity index (χ3v) is 3.25. The van der Waals surface area contributed by atoms with Gasteiger partial charge in [-0.25, -0.2) is 4.39 Å². The van der Waals surface area contributed by atoms with Crippen LogP contribution in [0.2, 0.25) is 0 Å². The van der Waals surface area contributed by atoms with E-state index >= 15 is 0 Å². The zero-order chi connectivity index (χ0) is 14.1. The van der Waals surface area contributed by atoms with Crippen molar-refractivity contribution in [2.45, 2.75) is 0 Å². The van der Waals surface area contributed by atoms with E-state index in [4.69, 9.17) is 4.74 Å². The predicted molar refractivity (Wildman–Crippen MR) is 75.4 cm³/mol. The Kier molecular flexibility index (Phi) is 3.23. The van der Waals surface area contributed by atoms with Crippen LogP contribution in [0.25, 0.3) is 11.0 Å². The molecule has 2 aromatic heterocycles. The second kappa shape index (κ2) is 5.04. The number of halogens is 2. The molecule has 2 N–H and O–H groups in total. The number of aromatic nitrogens is 4. The number of nitrogens with one attached hydrogen (secondary N) is 2. The minimum absolute atomic E-state index is 0.301. The second-order valence-electron chi connectivity index (χ2n) is 3.91. The van der Waals surface area contributed by atoms with E-state index in [0.717, 1.165) is 0 Å². The Morgan fingerprint density at radius 1 is 1.35 bits per heavy atom. The summed E-state index contributed by atoms with van der Waals surface area (Å²) in [4.78, 5) is 8.39. The Morgan fingerprint density at radius 3 is 2.95 bits per heavy atom. The minimum Gasteiger partial charge on any atom is -0.438 e. The minimum atomic E-state index is -0.408. The fourth-order valence-corrected chi connectivity index (χ4v) is 1.90. The van der Waals surface area contributed by atoms with E-state index in [-0.39, 0.29) is 0 Å². The lowest BCUT2D eigenvalue weighted by Crippen LogP contribution is -1.99. The molecule has 0 aliphatic heterocycles. The van der Waals surface area contributed by atoms with E-state index < -0.39 is 5.82 Å². The van der Waals surface area contributed by atoms with Crippen LogP contribution >= 0.6 is 15.9 Å². The predicted octanol–water partition coefficient (Wildman–Crippen LogP) is 3.09. The van der Waals surface area contributed by atoms with Gasteiger partial charge in [0.2, 0.25) is 11.8 Å². The van der Waals surface area contributed by atoms with Crippen molar-refractivity contribution in [2.75, 3.05) is 12.4 Å². The highest BCUT2D eigenvalue weighted by atomic mass is 79.9. The molecule has 1 aromatic carbocycles. The monoisotopic (exact) mass is 337 g/mol. The molecule has 0 aliphatic carbocycles. The van der Waals surface area contributed by atoms with E-state index in [9.17, 15) is 4.39 Å². The van der Waals surface area contributed by atoms with Crippen LogP contribution in [-0.4, -0.2) is 27.2 Å². The Morgan fingerprint density at radius 2 is 2.20 bits per heavy atom. The van der Waals surface area contributed by atoms with E-state index in [1.165, 1.54) is 6.07 Å². The molecular weight excluding hydrogens is 329 g/mol. The molecule has 0 atom stereocenters. The van der Waals surface area contributed by atoms with Gasteiger partial charge in [0, 0.05) is 13.1 Å². The molecule has 2 heterocycles. The number of benzene rings is 1. The van der Waals surface area contributed by atoms with Crippen LogP contribution in [0.1, 0.15) is 0 Å². The van der Waals surface area contributed by atoms with Crippen molar-refractivity contribution < 1.29 is 9.13 Å². The molecule has 0 bridgehead atoms. The molecule has 0 aliphatic rings. The lowest BCUT2D eigenvalue weighted by molar-refractivity contribution is 0.463. The molecule has 102 valence electrons. The summed E-state index contributed by atoms with van der Waals surface area (Å²) in [7, 11) is 1.70. The number of rotatable bonds is 3. The molecule has 0 amide bonds. The lowest BCUT2D eigenvalue weighted by Gasteiger charge is -2.07. The molecule has 3 rings (SSSR count). The highest BCUT2D eigenvalue weighted by molar-refractivity contribution is 9.10. The summed E-state index contributed by atoms with van der Waals surface area (Å²) in [5.74, 6) is 0.618. The SMILES string of the molecule is CNc1nc(Oc2ccc(Br)c(F)c2)c2cn[nH]c2n1. The van der Waals surface area contributed by atoms with Crippen LogP contribution in [0.15, 0.2) is 28.9 Å². The van der Waals surface area contributed by atoms with Crippen molar-refractivity contribution >= 4 is 32.9 Å². The van der Waals surface area contributed by atoms with Gasteiger partial charge in [-0.05, 0) is 28.1 Å². The first kappa shape index (κ1) is 12.8. The summed E-state index contributed by atoms with van der Waals surface area (Å²) in [5.41, 5.74) is 0.539. The summed E-state index contributed by atoms with van der Waals surface area (Å²) in [6.45, 7) is 0. The third kappa shape index (κ3) is 2.29. The molecule has 0 saturated heterocycles. The quantitative estimate of drug-likeness (QED) is 0.768. The number of hydrogen-bond acceptors (Lipinski definition) is 5. The summed E-state index contributed by atoms with van der Waals surface area (Å²) < 4.78 is 19.5. The molecular formula is C12H9BrFN5O. The maximum absolute atomic E-state index is 13.5. The fraction of sp³-hybridized carbons (Fsp3) is 0.0833. The zero-order valence-electron chi connectivity index (χ0n) is 10.3. The van der Waals surface area contributed by atoms with Gasteiger partial charge in [0.1, 0.15) is 17.0 Å². The molecule has 6 nitrogen and oxygen atoms in total. The summed E-state index contributed by atoms with van der Waals surface area (Å²) in [6, 6.07) is 4.48. The van der Waals surface area contributed by atoms with Crippen LogP contribution in [0, 0.1) is 5.82 Å². The highest BCUT2D eigenvalue weighted by Crippen LogP contribution is 2.29. The molecule has 0 spiro atoms. The van der Waals surface area contributed by atoms with Crippen LogP contribution < -0.4 is 10.1 Å². The largest absolute Gasteiger partial charge is 0.438 e. The van der Waals surface area contributed by atoms with Crippen LogP contribution in [0.5, 0.6) is 11.6 Å². The summed E-state index contributed by atoms with van der Waals surface area (Å²) >= 11 is 3.09. The van der Waals surface area contributed by atoms with Gasteiger partial charge in [-0.3, -0.25) is 5.10 Å². The van der Waals surface area contributed by atoms with Crippen LogP contribution in [0.3, 0.4) is 0 Å². The lowest BCUT2D eigenvalue weighted by atomic mass is 10.3. The first-order valence-corrected chi connectivity index (χ1v) is 6.48. The van der Waals surface area contributed by atoms with E-state index in [2.05, 4.69) is 41.4 Å². The Bertz CT molecular complexity index is 776. The van der Waals surface area contributed by atoms with Gasteiger partial charge in [-0.1, -0.05) is 0 Å². The van der Waals surface area contributed by atoms with Crippen molar-refractivity contribution in [1.29, 1.82) is 0 Å². The van der Waals surface area contributed by atoms with E-state index in [1.807, 2.05) is 0 Å². The molecule has 0 fully saturated rings. The topological polar surface area (TPSA) is 75.7 Å². The first-order chi connectivity index (χ1) is 9.67. The Balaban J connectivity index is 2.04. The smallest absolute Gasteiger partial charge is 0.235 e. The molecule has 0 radical (unpaired) electrons. The number of fused-ring (bicyclic) bond motifs is 1. The van der Waals surface area contributed by atoms with Gasteiger partial charge < -0.3 is 10.1 Å². The normalized spacial score (nSPS) is 10.8. The molecule has 8 heteroatoms. The van der Waals surface area contributed by atoms with Crippen molar-refractivity contribution in [3.05, 3.63) is 34.7 Å². The molecule has 0 unspecified atom stereocenters. The van der Waals surface area contributed by atoms with Gasteiger partial charge in [0.15, 0.2) is 5.65 Å². The van der Waals surface area contributed by atoms with E-state index in [1.54, 1.807) is 25.4 Å². The number of ether oxygens (including phenoxy) is 1. The average Bonchev–Trinajstić information content (AvgIpc) is 2.91. The highest BCUT2D eigenvalue weighted by Gasteiger charge is 2.12. The van der Waals surface area contributed by atoms with Crippen molar-refractivity contribution in [3.8, 4) is 11.6 Å². The zero-order valence-corrected chi connectivity index (χ0v) is 11.9. The number of H-pyrrole nitrogens is 1. The standard InChI is InChI=1S/C12H9BrFN5O/c1-15-12-17-10-7(5-16-19-10)11(18-12)20-6-2-3-8(13)9(14)4-6/h2-5H,1H3,(H2,15,16,17,18,19). The van der Waals surface area contributed by atoms with Crippen LogP contribution in [-0.2, 0) is 0 Å². The molecule has 3 aromatic rings. The van der Waals surface area contributed by atoms with Crippen LogP contribution in [0.4, 0.5) is 10.3 Å². The fourth-order valence-electron chi connectivity index (χ4n) is 1.65. The number of anilines is 1.